The van der Waals surface area contributed by atoms with Crippen LogP contribution in [0.4, 0.5) is 5.69 Å². The smallest absolute Gasteiger partial charge is 0.259 e. The van der Waals surface area contributed by atoms with Crippen molar-refractivity contribution in [3.8, 4) is 0 Å². The van der Waals surface area contributed by atoms with Gasteiger partial charge in [-0.3, -0.25) is 14.1 Å². The number of anilines is 1. The van der Waals surface area contributed by atoms with Crippen LogP contribution < -0.4 is 5.32 Å². The zero-order chi connectivity index (χ0) is 22.8. The molecular formula is C23H34N8O. The Hall–Kier alpha value is -2.78. The van der Waals surface area contributed by atoms with Crippen LogP contribution in [-0.4, -0.2) is 92.5 Å². The van der Waals surface area contributed by atoms with Crippen molar-refractivity contribution in [3.05, 3.63) is 29.7 Å². The van der Waals surface area contributed by atoms with Gasteiger partial charge in [0, 0.05) is 56.9 Å². The first kappa shape index (κ1) is 22.4. The van der Waals surface area contributed by atoms with Gasteiger partial charge in [0.2, 0.25) is 0 Å². The first-order valence-electron chi connectivity index (χ1n) is 11.6. The number of carbonyl (C=O) groups excluding carboxylic acids is 1. The molecule has 32 heavy (non-hydrogen) atoms. The summed E-state index contributed by atoms with van der Waals surface area (Å²) in [7, 11) is 2.15. The fourth-order valence-corrected chi connectivity index (χ4v) is 4.34. The molecule has 0 radical (unpaired) electrons. The molecule has 1 N–H and O–H groups in total. The number of hydrogen-bond donors (Lipinski definition) is 1. The van der Waals surface area contributed by atoms with Crippen LogP contribution in [0.5, 0.6) is 0 Å². The Morgan fingerprint density at radius 2 is 1.84 bits per heavy atom. The number of amides is 1. The fourth-order valence-electron chi connectivity index (χ4n) is 4.34. The first-order valence-corrected chi connectivity index (χ1v) is 11.6. The highest BCUT2D eigenvalue weighted by molar-refractivity contribution is 6.12. The highest BCUT2D eigenvalue weighted by atomic mass is 16.2. The molecule has 0 spiro atoms. The van der Waals surface area contributed by atoms with Crippen molar-refractivity contribution in [2.45, 2.75) is 40.3 Å². The minimum Gasteiger partial charge on any atom is -0.382 e. The number of rotatable bonds is 7. The van der Waals surface area contributed by atoms with E-state index in [4.69, 9.17) is 4.98 Å². The van der Waals surface area contributed by atoms with Crippen LogP contribution in [0.2, 0.25) is 0 Å². The van der Waals surface area contributed by atoms with Gasteiger partial charge in [-0.1, -0.05) is 0 Å². The number of nitrogens with one attached hydrogen (secondary N) is 1. The van der Waals surface area contributed by atoms with Crippen LogP contribution in [0, 0.1) is 0 Å². The van der Waals surface area contributed by atoms with Gasteiger partial charge in [-0.05, 0) is 46.9 Å². The maximum Gasteiger partial charge on any atom is 0.259 e. The number of likely N-dealkylation sites (N-methyl/N-ethyl adjacent to an activating group) is 1. The van der Waals surface area contributed by atoms with Crippen molar-refractivity contribution in [1.29, 1.82) is 0 Å². The van der Waals surface area contributed by atoms with E-state index < -0.39 is 0 Å². The summed E-state index contributed by atoms with van der Waals surface area (Å²) in [5.41, 5.74) is 2.70. The number of nitrogens with zero attached hydrogens (tertiary/aromatic N) is 7. The van der Waals surface area contributed by atoms with E-state index in [1.54, 1.807) is 6.20 Å². The molecule has 0 unspecified atom stereocenters. The van der Waals surface area contributed by atoms with Gasteiger partial charge in [-0.15, -0.1) is 10.2 Å². The number of pyridine rings is 2. The Bertz CT molecular complexity index is 1100. The van der Waals surface area contributed by atoms with E-state index in [9.17, 15) is 4.79 Å². The van der Waals surface area contributed by atoms with E-state index in [0.717, 1.165) is 48.7 Å². The molecule has 0 aliphatic carbocycles. The Morgan fingerprint density at radius 1 is 1.12 bits per heavy atom. The van der Waals surface area contributed by atoms with Crippen LogP contribution >= 0.6 is 0 Å². The molecule has 172 valence electrons. The molecular weight excluding hydrogens is 404 g/mol. The molecule has 9 heteroatoms. The molecule has 3 aromatic rings. The predicted molar refractivity (Wildman–Crippen MR) is 127 cm³/mol. The SMILES string of the molecule is CCN(CC)C(=O)c1c(NC(C)C)c2cccnc2n2c(CN3CCN(C)CC3)nnc12. The van der Waals surface area contributed by atoms with Gasteiger partial charge in [0.15, 0.2) is 11.5 Å². The molecule has 9 nitrogen and oxygen atoms in total. The van der Waals surface area contributed by atoms with Gasteiger partial charge in [0.1, 0.15) is 11.2 Å². The molecule has 1 amide bonds. The van der Waals surface area contributed by atoms with E-state index in [0.29, 0.717) is 30.8 Å². The largest absolute Gasteiger partial charge is 0.382 e. The van der Waals surface area contributed by atoms with E-state index in [1.807, 2.05) is 35.3 Å². The van der Waals surface area contributed by atoms with Gasteiger partial charge < -0.3 is 15.1 Å². The van der Waals surface area contributed by atoms with Crippen molar-refractivity contribution in [2.75, 3.05) is 51.6 Å². The number of piperazine rings is 1. The minimum atomic E-state index is -0.0348. The lowest BCUT2D eigenvalue weighted by molar-refractivity contribution is 0.0775. The van der Waals surface area contributed by atoms with Crippen LogP contribution in [0.1, 0.15) is 43.9 Å². The number of hydrogen-bond acceptors (Lipinski definition) is 7. The summed E-state index contributed by atoms with van der Waals surface area (Å²) in [6.07, 6.45) is 1.78. The summed E-state index contributed by atoms with van der Waals surface area (Å²) in [6.45, 7) is 14.1. The topological polar surface area (TPSA) is 81.9 Å². The number of carbonyl (C=O) groups is 1. The average Bonchev–Trinajstić information content (AvgIpc) is 3.19. The lowest BCUT2D eigenvalue weighted by Gasteiger charge is -2.31. The molecule has 1 saturated heterocycles. The lowest BCUT2D eigenvalue weighted by Crippen LogP contribution is -2.44. The molecule has 0 bridgehead atoms. The Morgan fingerprint density at radius 3 is 2.50 bits per heavy atom. The summed E-state index contributed by atoms with van der Waals surface area (Å²) in [6, 6.07) is 4.08. The normalized spacial score (nSPS) is 15.7. The molecule has 1 aliphatic rings. The van der Waals surface area contributed by atoms with Gasteiger partial charge in [-0.25, -0.2) is 4.98 Å². The van der Waals surface area contributed by atoms with Crippen molar-refractivity contribution in [3.63, 3.8) is 0 Å². The summed E-state index contributed by atoms with van der Waals surface area (Å²) >= 11 is 0. The van der Waals surface area contributed by atoms with Crippen molar-refractivity contribution in [1.82, 2.24) is 34.3 Å². The second-order valence-electron chi connectivity index (χ2n) is 8.76. The summed E-state index contributed by atoms with van der Waals surface area (Å²) in [5.74, 6) is 0.783. The quantitative estimate of drug-likeness (QED) is 0.606. The lowest BCUT2D eigenvalue weighted by atomic mass is 10.1. The predicted octanol–water partition coefficient (Wildman–Crippen LogP) is 2.33. The van der Waals surface area contributed by atoms with Gasteiger partial charge in [0.05, 0.1) is 12.2 Å². The third-order valence-corrected chi connectivity index (χ3v) is 6.13. The molecule has 1 fully saturated rings. The van der Waals surface area contributed by atoms with E-state index >= 15 is 0 Å². The zero-order valence-electron chi connectivity index (χ0n) is 19.8. The van der Waals surface area contributed by atoms with Crippen molar-refractivity contribution < 1.29 is 4.79 Å². The van der Waals surface area contributed by atoms with E-state index in [-0.39, 0.29) is 11.9 Å². The van der Waals surface area contributed by atoms with Gasteiger partial charge in [0.25, 0.3) is 5.91 Å². The standard InChI is InChI=1S/C23H34N8O/c1-6-30(7-2)23(32)19-20(25-16(3)4)17-9-8-10-24-21(17)31-18(26-27-22(19)31)15-29-13-11-28(5)12-14-29/h8-10,16,25H,6-7,11-15H2,1-5H3. The highest BCUT2D eigenvalue weighted by Gasteiger charge is 2.28. The molecule has 4 rings (SSSR count). The van der Waals surface area contributed by atoms with E-state index in [1.165, 1.54) is 0 Å². The number of aromatic nitrogens is 4. The minimum absolute atomic E-state index is 0.0348. The molecule has 3 aromatic heterocycles. The summed E-state index contributed by atoms with van der Waals surface area (Å²) < 4.78 is 1.98. The van der Waals surface area contributed by atoms with Gasteiger partial charge in [-0.2, -0.15) is 0 Å². The monoisotopic (exact) mass is 438 g/mol. The molecule has 0 atom stereocenters. The maximum absolute atomic E-state index is 13.7. The molecule has 0 saturated carbocycles. The third kappa shape index (κ3) is 4.14. The number of fused-ring (bicyclic) bond motifs is 3. The van der Waals surface area contributed by atoms with Crippen molar-refractivity contribution >= 4 is 28.3 Å². The van der Waals surface area contributed by atoms with Crippen LogP contribution in [0.3, 0.4) is 0 Å². The Labute approximate surface area is 189 Å². The van der Waals surface area contributed by atoms with Crippen molar-refractivity contribution in [2.24, 2.45) is 0 Å². The third-order valence-electron chi connectivity index (χ3n) is 6.13. The first-order chi connectivity index (χ1) is 15.4. The van der Waals surface area contributed by atoms with Gasteiger partial charge >= 0.3 is 0 Å². The van der Waals surface area contributed by atoms with Crippen LogP contribution in [0.25, 0.3) is 16.7 Å². The summed E-state index contributed by atoms with van der Waals surface area (Å²) in [4.78, 5) is 24.9. The van der Waals surface area contributed by atoms with E-state index in [2.05, 4.69) is 46.2 Å². The Balaban J connectivity index is 1.92. The second kappa shape index (κ2) is 9.38. The maximum atomic E-state index is 13.7. The fraction of sp³-hybridized carbons (Fsp3) is 0.565. The Kier molecular flexibility index (Phi) is 6.57. The molecule has 1 aliphatic heterocycles. The zero-order valence-corrected chi connectivity index (χ0v) is 19.8. The van der Waals surface area contributed by atoms with Crippen LogP contribution in [0.15, 0.2) is 18.3 Å². The van der Waals surface area contributed by atoms with Crippen LogP contribution in [-0.2, 0) is 6.54 Å². The molecule has 0 aromatic carbocycles. The highest BCUT2D eigenvalue weighted by Crippen LogP contribution is 2.32. The average molecular weight is 439 g/mol. The molecule has 4 heterocycles. The summed E-state index contributed by atoms with van der Waals surface area (Å²) in [5, 5.41) is 13.5. The second-order valence-corrected chi connectivity index (χ2v) is 8.76.